The number of nitrogens with zero attached hydrogens (tertiary/aromatic N) is 3. The zero-order chi connectivity index (χ0) is 18.3. The van der Waals surface area contributed by atoms with Crippen molar-refractivity contribution >= 4 is 22.6 Å². The second kappa shape index (κ2) is 6.44. The Morgan fingerprint density at radius 1 is 1.31 bits per heavy atom. The highest BCUT2D eigenvalue weighted by atomic mass is 16.2. The third-order valence-electron chi connectivity index (χ3n) is 5.01. The van der Waals surface area contributed by atoms with Crippen molar-refractivity contribution in [2.75, 3.05) is 0 Å². The summed E-state index contributed by atoms with van der Waals surface area (Å²) in [6.07, 6.45) is 4.98. The van der Waals surface area contributed by atoms with Gasteiger partial charge >= 0.3 is 5.69 Å². The van der Waals surface area contributed by atoms with Crippen LogP contribution in [0.25, 0.3) is 16.7 Å². The average molecular weight is 355 g/mol. The summed E-state index contributed by atoms with van der Waals surface area (Å²) < 4.78 is 2.84. The van der Waals surface area contributed by atoms with Gasteiger partial charge in [0.2, 0.25) is 5.78 Å². The lowest BCUT2D eigenvalue weighted by molar-refractivity contribution is 0.0938. The number of nitrogens with one attached hydrogen (secondary N) is 2. The second-order valence-corrected chi connectivity index (χ2v) is 6.81. The number of aromatic nitrogens is 4. The molecule has 1 saturated carbocycles. The third-order valence-corrected chi connectivity index (χ3v) is 5.01. The summed E-state index contributed by atoms with van der Waals surface area (Å²) in [4.78, 5) is 37.6. The van der Waals surface area contributed by atoms with Gasteiger partial charge in [0, 0.05) is 18.2 Å². The van der Waals surface area contributed by atoms with Crippen molar-refractivity contribution in [3.05, 3.63) is 44.6 Å². The Morgan fingerprint density at radius 2 is 2.08 bits per heavy atom. The van der Waals surface area contributed by atoms with Gasteiger partial charge in [-0.1, -0.05) is 19.8 Å². The highest BCUT2D eigenvalue weighted by Gasteiger charge is 2.20. The SMILES string of the molecule is CCCn1c(=O)c2ccc(C(=O)NC3CCCC3)cc2n2c(=O)[nH]nc12. The van der Waals surface area contributed by atoms with Crippen molar-refractivity contribution in [3.63, 3.8) is 0 Å². The molecule has 1 aromatic carbocycles. The first-order valence-corrected chi connectivity index (χ1v) is 9.04. The Labute approximate surface area is 148 Å². The monoisotopic (exact) mass is 355 g/mol. The highest BCUT2D eigenvalue weighted by Crippen LogP contribution is 2.19. The summed E-state index contributed by atoms with van der Waals surface area (Å²) in [6, 6.07) is 5.06. The molecule has 8 heteroatoms. The zero-order valence-electron chi connectivity index (χ0n) is 14.6. The molecule has 2 N–H and O–H groups in total. The van der Waals surface area contributed by atoms with E-state index in [-0.39, 0.29) is 23.3 Å². The first kappa shape index (κ1) is 16.6. The summed E-state index contributed by atoms with van der Waals surface area (Å²) >= 11 is 0. The fraction of sp³-hybridized carbons (Fsp3) is 0.444. The van der Waals surface area contributed by atoms with E-state index in [2.05, 4.69) is 15.5 Å². The number of amides is 1. The van der Waals surface area contributed by atoms with E-state index in [4.69, 9.17) is 0 Å². The minimum Gasteiger partial charge on any atom is -0.349 e. The van der Waals surface area contributed by atoms with Crippen LogP contribution in [-0.4, -0.2) is 31.1 Å². The van der Waals surface area contributed by atoms with E-state index in [1.54, 1.807) is 18.2 Å². The summed E-state index contributed by atoms with van der Waals surface area (Å²) in [7, 11) is 0. The van der Waals surface area contributed by atoms with E-state index in [0.29, 0.717) is 23.0 Å². The van der Waals surface area contributed by atoms with Gasteiger partial charge in [-0.15, -0.1) is 5.10 Å². The van der Waals surface area contributed by atoms with Gasteiger partial charge in [-0.05, 0) is 37.5 Å². The van der Waals surface area contributed by atoms with Crippen LogP contribution in [0, 0.1) is 0 Å². The lowest BCUT2D eigenvalue weighted by atomic mass is 10.1. The summed E-state index contributed by atoms with van der Waals surface area (Å²) in [5, 5.41) is 9.82. The molecule has 1 amide bonds. The van der Waals surface area contributed by atoms with Crippen molar-refractivity contribution in [2.24, 2.45) is 0 Å². The first-order chi connectivity index (χ1) is 12.6. The molecular weight excluding hydrogens is 334 g/mol. The molecule has 0 atom stereocenters. The van der Waals surface area contributed by atoms with Crippen molar-refractivity contribution in [2.45, 2.75) is 51.6 Å². The molecule has 0 saturated heterocycles. The molecular formula is C18H21N5O3. The molecule has 2 aromatic heterocycles. The van der Waals surface area contributed by atoms with E-state index in [1.807, 2.05) is 6.92 Å². The van der Waals surface area contributed by atoms with Gasteiger partial charge in [-0.25, -0.2) is 14.3 Å². The highest BCUT2D eigenvalue weighted by molar-refractivity contribution is 5.98. The standard InChI is InChI=1S/C18H21N5O3/c1-2-9-22-16(25)13-8-7-11(15(24)19-12-5-3-4-6-12)10-14(13)23-17(22)20-21-18(23)26/h7-8,10,12H,2-6,9H2,1H3,(H,19,24)(H,21,26). The maximum Gasteiger partial charge on any atom is 0.349 e. The minimum atomic E-state index is -0.428. The van der Waals surface area contributed by atoms with Gasteiger partial charge in [0.25, 0.3) is 11.5 Å². The second-order valence-electron chi connectivity index (χ2n) is 6.81. The lowest BCUT2D eigenvalue weighted by Crippen LogP contribution is -2.32. The van der Waals surface area contributed by atoms with Crippen LogP contribution in [0.3, 0.4) is 0 Å². The molecule has 1 aliphatic rings. The fourth-order valence-electron chi connectivity index (χ4n) is 3.73. The normalized spacial score (nSPS) is 15.1. The number of rotatable bonds is 4. The van der Waals surface area contributed by atoms with E-state index < -0.39 is 5.69 Å². The van der Waals surface area contributed by atoms with E-state index in [1.165, 1.54) is 8.97 Å². The summed E-state index contributed by atoms with van der Waals surface area (Å²) in [5.41, 5.74) is 0.195. The molecule has 1 fully saturated rings. The van der Waals surface area contributed by atoms with Crippen molar-refractivity contribution in [1.29, 1.82) is 0 Å². The molecule has 2 heterocycles. The number of carbonyl (C=O) groups excluding carboxylic acids is 1. The Hall–Kier alpha value is -2.90. The maximum absolute atomic E-state index is 12.8. The third kappa shape index (κ3) is 2.61. The Balaban J connectivity index is 1.87. The minimum absolute atomic E-state index is 0.179. The van der Waals surface area contributed by atoms with Gasteiger partial charge in [0.05, 0.1) is 10.9 Å². The summed E-state index contributed by atoms with van der Waals surface area (Å²) in [5.74, 6) is 0.0870. The van der Waals surface area contributed by atoms with Gasteiger partial charge in [-0.2, -0.15) is 0 Å². The Kier molecular flexibility index (Phi) is 4.10. The number of aryl methyl sites for hydroxylation is 1. The molecule has 3 aromatic rings. The molecule has 1 aliphatic carbocycles. The van der Waals surface area contributed by atoms with Crippen LogP contribution in [0.2, 0.25) is 0 Å². The first-order valence-electron chi connectivity index (χ1n) is 9.04. The van der Waals surface area contributed by atoms with Crippen LogP contribution < -0.4 is 16.6 Å². The largest absolute Gasteiger partial charge is 0.349 e. The van der Waals surface area contributed by atoms with Crippen LogP contribution >= 0.6 is 0 Å². The van der Waals surface area contributed by atoms with Gasteiger partial charge in [0.15, 0.2) is 0 Å². The molecule has 0 aliphatic heterocycles. The average Bonchev–Trinajstić information content (AvgIpc) is 3.28. The molecule has 0 unspecified atom stereocenters. The Bertz CT molecular complexity index is 1100. The van der Waals surface area contributed by atoms with Crippen molar-refractivity contribution in [1.82, 2.24) is 24.5 Å². The molecule has 0 radical (unpaired) electrons. The number of aromatic amines is 1. The predicted molar refractivity (Wildman–Crippen MR) is 97.6 cm³/mol. The van der Waals surface area contributed by atoms with Crippen LogP contribution in [0.15, 0.2) is 27.8 Å². The number of hydrogen-bond acceptors (Lipinski definition) is 4. The topological polar surface area (TPSA) is 101 Å². The number of benzene rings is 1. The maximum atomic E-state index is 12.8. The number of carbonyl (C=O) groups is 1. The zero-order valence-corrected chi connectivity index (χ0v) is 14.6. The van der Waals surface area contributed by atoms with Crippen molar-refractivity contribution < 1.29 is 4.79 Å². The smallest absolute Gasteiger partial charge is 0.349 e. The van der Waals surface area contributed by atoms with Gasteiger partial charge in [0.1, 0.15) is 0 Å². The van der Waals surface area contributed by atoms with Crippen LogP contribution in [0.4, 0.5) is 0 Å². The fourth-order valence-corrected chi connectivity index (χ4v) is 3.73. The van der Waals surface area contributed by atoms with E-state index >= 15 is 0 Å². The van der Waals surface area contributed by atoms with Crippen LogP contribution in [-0.2, 0) is 6.54 Å². The van der Waals surface area contributed by atoms with E-state index in [9.17, 15) is 14.4 Å². The Morgan fingerprint density at radius 3 is 2.81 bits per heavy atom. The molecule has 136 valence electrons. The number of hydrogen-bond donors (Lipinski definition) is 2. The van der Waals surface area contributed by atoms with Crippen molar-refractivity contribution in [3.8, 4) is 0 Å². The van der Waals surface area contributed by atoms with Crippen LogP contribution in [0.1, 0.15) is 49.4 Å². The molecule has 0 bridgehead atoms. The molecule has 4 rings (SSSR count). The number of fused-ring (bicyclic) bond motifs is 3. The van der Waals surface area contributed by atoms with Gasteiger partial charge in [-0.3, -0.25) is 14.2 Å². The quantitative estimate of drug-likeness (QED) is 0.739. The lowest BCUT2D eigenvalue weighted by Gasteiger charge is -2.13. The summed E-state index contributed by atoms with van der Waals surface area (Å²) in [6.45, 7) is 2.42. The molecule has 0 spiro atoms. The number of H-pyrrole nitrogens is 1. The predicted octanol–water partition coefficient (Wildman–Crippen LogP) is 1.42. The van der Waals surface area contributed by atoms with Gasteiger partial charge < -0.3 is 5.32 Å². The molecule has 8 nitrogen and oxygen atoms in total. The van der Waals surface area contributed by atoms with E-state index in [0.717, 1.165) is 32.1 Å². The van der Waals surface area contributed by atoms with Crippen LogP contribution in [0.5, 0.6) is 0 Å². The molecule has 26 heavy (non-hydrogen) atoms.